The number of halogens is 1. The van der Waals surface area contributed by atoms with Crippen LogP contribution < -0.4 is 5.32 Å². The van der Waals surface area contributed by atoms with Crippen LogP contribution in [0.3, 0.4) is 0 Å². The molecule has 1 atom stereocenters. The summed E-state index contributed by atoms with van der Waals surface area (Å²) >= 11 is 6.14. The number of nitrogens with one attached hydrogen (secondary N) is 1. The highest BCUT2D eigenvalue weighted by Crippen LogP contribution is 2.21. The van der Waals surface area contributed by atoms with Gasteiger partial charge in [0, 0.05) is 25.8 Å². The number of anilines is 1. The zero-order chi connectivity index (χ0) is 15.1. The number of unbranched alkanes of at least 4 members (excludes halogenated alkanes) is 1. The first-order valence-corrected chi connectivity index (χ1v) is 7.57. The molecule has 20 heavy (non-hydrogen) atoms. The molecule has 4 nitrogen and oxygen atoms in total. The van der Waals surface area contributed by atoms with Crippen molar-refractivity contribution in [3.63, 3.8) is 0 Å². The topological polar surface area (TPSA) is 45.2 Å². The molecule has 0 fully saturated rings. The Balaban J connectivity index is 3.04. The third kappa shape index (κ3) is 4.10. The first-order chi connectivity index (χ1) is 9.54. The van der Waals surface area contributed by atoms with Crippen LogP contribution in [0.4, 0.5) is 5.82 Å². The highest BCUT2D eigenvalue weighted by molar-refractivity contribution is 6.33. The van der Waals surface area contributed by atoms with E-state index in [0.717, 1.165) is 25.8 Å². The molecule has 112 valence electrons. The van der Waals surface area contributed by atoms with Crippen molar-refractivity contribution in [3.8, 4) is 0 Å². The first kappa shape index (κ1) is 16.8. The molecular formula is C15H24ClN3O. The van der Waals surface area contributed by atoms with Gasteiger partial charge in [-0.1, -0.05) is 31.9 Å². The molecule has 1 amide bonds. The number of pyridine rings is 1. The average Bonchev–Trinajstić information content (AvgIpc) is 2.47. The van der Waals surface area contributed by atoms with Crippen LogP contribution in [0.5, 0.6) is 0 Å². The molecule has 1 rings (SSSR count). The monoisotopic (exact) mass is 297 g/mol. The van der Waals surface area contributed by atoms with Crippen LogP contribution in [-0.2, 0) is 0 Å². The van der Waals surface area contributed by atoms with Crippen LogP contribution in [0.1, 0.15) is 50.4 Å². The van der Waals surface area contributed by atoms with Crippen LogP contribution in [0.25, 0.3) is 0 Å². The van der Waals surface area contributed by atoms with Crippen molar-refractivity contribution in [1.29, 1.82) is 0 Å². The van der Waals surface area contributed by atoms with Gasteiger partial charge in [-0.05, 0) is 25.8 Å². The van der Waals surface area contributed by atoms with E-state index in [-0.39, 0.29) is 11.9 Å². The number of carbonyl (C=O) groups excluding carboxylic acids is 1. The van der Waals surface area contributed by atoms with Gasteiger partial charge in [0.2, 0.25) is 0 Å². The molecule has 1 heterocycles. The number of hydrogen-bond donors (Lipinski definition) is 1. The lowest BCUT2D eigenvalue weighted by molar-refractivity contribution is 0.0685. The fourth-order valence-electron chi connectivity index (χ4n) is 1.96. The predicted octanol–water partition coefficient (Wildman–Crippen LogP) is 3.82. The quantitative estimate of drug-likeness (QED) is 0.832. The molecule has 1 unspecified atom stereocenters. The maximum atomic E-state index is 12.7. The van der Waals surface area contributed by atoms with Gasteiger partial charge in [0.05, 0.1) is 10.6 Å². The molecule has 0 aromatic carbocycles. The van der Waals surface area contributed by atoms with Crippen molar-refractivity contribution in [2.45, 2.75) is 46.1 Å². The molecule has 0 aliphatic rings. The molecule has 0 aliphatic carbocycles. The van der Waals surface area contributed by atoms with Crippen LogP contribution in [0.2, 0.25) is 5.02 Å². The summed E-state index contributed by atoms with van der Waals surface area (Å²) in [7, 11) is 1.77. The van der Waals surface area contributed by atoms with E-state index in [0.29, 0.717) is 16.4 Å². The van der Waals surface area contributed by atoms with Gasteiger partial charge < -0.3 is 10.2 Å². The Bertz CT molecular complexity index is 451. The molecule has 1 aromatic heterocycles. The molecule has 0 spiro atoms. The standard InChI is InChI=1S/C15H24ClN3O/c1-5-7-8-19(11(3)6-2)15(20)12-9-14(17-4)18-10-13(12)16/h9-11H,5-8H2,1-4H3,(H,17,18). The Labute approximate surface area is 126 Å². The SMILES string of the molecule is CCCCN(C(=O)c1cc(NC)ncc1Cl)C(C)CC. The summed E-state index contributed by atoms with van der Waals surface area (Å²) in [6.45, 7) is 7.04. The third-order valence-electron chi connectivity index (χ3n) is 3.48. The number of carbonyl (C=O) groups is 1. The fourth-order valence-corrected chi connectivity index (χ4v) is 2.15. The van der Waals surface area contributed by atoms with E-state index in [9.17, 15) is 4.79 Å². The van der Waals surface area contributed by atoms with E-state index < -0.39 is 0 Å². The van der Waals surface area contributed by atoms with E-state index in [1.165, 1.54) is 6.20 Å². The fraction of sp³-hybridized carbons (Fsp3) is 0.600. The minimum Gasteiger partial charge on any atom is -0.373 e. The van der Waals surface area contributed by atoms with E-state index in [1.54, 1.807) is 13.1 Å². The summed E-state index contributed by atoms with van der Waals surface area (Å²) < 4.78 is 0. The van der Waals surface area contributed by atoms with Crippen LogP contribution in [-0.4, -0.2) is 35.4 Å². The van der Waals surface area contributed by atoms with Crippen molar-refractivity contribution in [2.75, 3.05) is 18.9 Å². The van der Waals surface area contributed by atoms with Crippen LogP contribution >= 0.6 is 11.6 Å². The van der Waals surface area contributed by atoms with E-state index >= 15 is 0 Å². The normalized spacial score (nSPS) is 12.1. The average molecular weight is 298 g/mol. The minimum absolute atomic E-state index is 0.0169. The Morgan fingerprint density at radius 1 is 1.50 bits per heavy atom. The van der Waals surface area contributed by atoms with Crippen LogP contribution in [0, 0.1) is 0 Å². The lowest BCUT2D eigenvalue weighted by atomic mass is 10.1. The molecule has 0 saturated heterocycles. The van der Waals surface area contributed by atoms with Gasteiger partial charge in [0.15, 0.2) is 0 Å². The maximum absolute atomic E-state index is 12.7. The molecule has 1 aromatic rings. The Kier molecular flexibility index (Phi) is 6.79. The maximum Gasteiger partial charge on any atom is 0.255 e. The summed E-state index contributed by atoms with van der Waals surface area (Å²) in [6, 6.07) is 1.92. The molecule has 5 heteroatoms. The van der Waals surface area contributed by atoms with E-state index in [2.05, 4.69) is 31.1 Å². The highest BCUT2D eigenvalue weighted by Gasteiger charge is 2.22. The second-order valence-corrected chi connectivity index (χ2v) is 5.32. The van der Waals surface area contributed by atoms with E-state index in [4.69, 9.17) is 11.6 Å². The van der Waals surface area contributed by atoms with Gasteiger partial charge in [-0.25, -0.2) is 4.98 Å². The van der Waals surface area contributed by atoms with Crippen molar-refractivity contribution in [1.82, 2.24) is 9.88 Å². The Morgan fingerprint density at radius 2 is 2.20 bits per heavy atom. The number of nitrogens with zero attached hydrogens (tertiary/aromatic N) is 2. The number of hydrogen-bond acceptors (Lipinski definition) is 3. The number of rotatable bonds is 7. The molecule has 0 saturated carbocycles. The highest BCUT2D eigenvalue weighted by atomic mass is 35.5. The van der Waals surface area contributed by atoms with Crippen molar-refractivity contribution < 1.29 is 4.79 Å². The summed E-state index contributed by atoms with van der Waals surface area (Å²) in [4.78, 5) is 18.7. The predicted molar refractivity (Wildman–Crippen MR) is 84.5 cm³/mol. The first-order valence-electron chi connectivity index (χ1n) is 7.19. The van der Waals surface area contributed by atoms with Crippen molar-refractivity contribution in [2.24, 2.45) is 0 Å². The summed E-state index contributed by atoms with van der Waals surface area (Å²) in [5, 5.41) is 3.34. The molecular weight excluding hydrogens is 274 g/mol. The lowest BCUT2D eigenvalue weighted by Gasteiger charge is -2.29. The zero-order valence-corrected chi connectivity index (χ0v) is 13.5. The largest absolute Gasteiger partial charge is 0.373 e. The number of amides is 1. The van der Waals surface area contributed by atoms with Gasteiger partial charge in [0.25, 0.3) is 5.91 Å². The zero-order valence-electron chi connectivity index (χ0n) is 12.7. The number of aromatic nitrogens is 1. The van der Waals surface area contributed by atoms with Crippen LogP contribution in [0.15, 0.2) is 12.3 Å². The minimum atomic E-state index is -0.0169. The van der Waals surface area contributed by atoms with Crippen molar-refractivity contribution >= 4 is 23.3 Å². The molecule has 0 radical (unpaired) electrons. The van der Waals surface area contributed by atoms with E-state index in [1.807, 2.05) is 4.90 Å². The van der Waals surface area contributed by atoms with Gasteiger partial charge >= 0.3 is 0 Å². The molecule has 0 aliphatic heterocycles. The summed E-state index contributed by atoms with van der Waals surface area (Å²) in [5.41, 5.74) is 0.516. The Hall–Kier alpha value is -1.29. The molecule has 1 N–H and O–H groups in total. The third-order valence-corrected chi connectivity index (χ3v) is 3.78. The second-order valence-electron chi connectivity index (χ2n) is 4.91. The smallest absolute Gasteiger partial charge is 0.255 e. The molecule has 0 bridgehead atoms. The summed E-state index contributed by atoms with van der Waals surface area (Å²) in [6.07, 6.45) is 4.51. The van der Waals surface area contributed by atoms with Gasteiger partial charge in [-0.2, -0.15) is 0 Å². The van der Waals surface area contributed by atoms with Gasteiger partial charge in [-0.15, -0.1) is 0 Å². The van der Waals surface area contributed by atoms with Gasteiger partial charge in [0.1, 0.15) is 5.82 Å². The van der Waals surface area contributed by atoms with Crippen molar-refractivity contribution in [3.05, 3.63) is 22.8 Å². The Morgan fingerprint density at radius 3 is 2.75 bits per heavy atom. The van der Waals surface area contributed by atoms with Gasteiger partial charge in [-0.3, -0.25) is 4.79 Å². The second kappa shape index (κ2) is 8.10. The summed E-state index contributed by atoms with van der Waals surface area (Å²) in [5.74, 6) is 0.633. The lowest BCUT2D eigenvalue weighted by Crippen LogP contribution is -2.39.